The Kier molecular flexibility index (Phi) is 5.78. The molecule has 158 valence electrons. The van der Waals surface area contributed by atoms with Crippen molar-refractivity contribution in [3.05, 3.63) is 83.2 Å². The standard InChI is InChI=1S/C25H32N4O/c1-19-15-20(2)29(26-19)23-12-8-9-21(16-23)17-28-14-13-25(30,24(18-28)27(3)4)22-10-6-5-7-11-22/h5-12,15-16,24,30H,13-14,17-18H2,1-4H3/t24-,25+/m1/s1. The van der Waals surface area contributed by atoms with Gasteiger partial charge in [0.25, 0.3) is 0 Å². The van der Waals surface area contributed by atoms with E-state index in [1.54, 1.807) is 0 Å². The van der Waals surface area contributed by atoms with Crippen LogP contribution >= 0.6 is 0 Å². The van der Waals surface area contributed by atoms with E-state index in [1.165, 1.54) is 5.56 Å². The van der Waals surface area contributed by atoms with E-state index in [9.17, 15) is 5.11 Å². The molecule has 2 atom stereocenters. The number of hydrogen-bond donors (Lipinski definition) is 1. The van der Waals surface area contributed by atoms with Gasteiger partial charge in [0.1, 0.15) is 5.60 Å². The van der Waals surface area contributed by atoms with E-state index >= 15 is 0 Å². The molecule has 4 rings (SSSR count). The van der Waals surface area contributed by atoms with Gasteiger partial charge in [-0.05, 0) is 63.7 Å². The summed E-state index contributed by atoms with van der Waals surface area (Å²) in [7, 11) is 4.12. The number of benzene rings is 2. The van der Waals surface area contributed by atoms with Gasteiger partial charge < -0.3 is 10.0 Å². The average molecular weight is 405 g/mol. The summed E-state index contributed by atoms with van der Waals surface area (Å²) < 4.78 is 2.01. The summed E-state index contributed by atoms with van der Waals surface area (Å²) in [4.78, 5) is 4.61. The van der Waals surface area contributed by atoms with E-state index in [1.807, 2.05) is 41.9 Å². The number of likely N-dealkylation sites (tertiary alicyclic amines) is 1. The van der Waals surface area contributed by atoms with Crippen LogP contribution in [0.15, 0.2) is 60.7 Å². The number of aliphatic hydroxyl groups is 1. The lowest BCUT2D eigenvalue weighted by Crippen LogP contribution is -2.58. The molecule has 5 heteroatoms. The van der Waals surface area contributed by atoms with Gasteiger partial charge in [-0.15, -0.1) is 0 Å². The number of hydrogen-bond acceptors (Lipinski definition) is 4. The Bertz CT molecular complexity index is 997. The molecule has 0 bridgehead atoms. The van der Waals surface area contributed by atoms with Gasteiger partial charge in [-0.1, -0.05) is 42.5 Å². The third-order valence-corrected chi connectivity index (χ3v) is 6.26. The molecule has 5 nitrogen and oxygen atoms in total. The number of aryl methyl sites for hydroxylation is 2. The second-order valence-corrected chi connectivity index (χ2v) is 8.76. The van der Waals surface area contributed by atoms with Crippen LogP contribution in [0.5, 0.6) is 0 Å². The first-order valence-electron chi connectivity index (χ1n) is 10.7. The molecule has 0 spiro atoms. The molecule has 1 aliphatic rings. The van der Waals surface area contributed by atoms with Gasteiger partial charge in [-0.2, -0.15) is 5.10 Å². The molecule has 1 N–H and O–H groups in total. The zero-order valence-corrected chi connectivity index (χ0v) is 18.4. The first-order chi connectivity index (χ1) is 14.4. The van der Waals surface area contributed by atoms with Gasteiger partial charge in [-0.25, -0.2) is 4.68 Å². The molecular formula is C25H32N4O. The van der Waals surface area contributed by atoms with E-state index in [0.29, 0.717) is 0 Å². The number of aromatic nitrogens is 2. The molecule has 1 saturated heterocycles. The van der Waals surface area contributed by atoms with Crippen LogP contribution in [0, 0.1) is 13.8 Å². The van der Waals surface area contributed by atoms with Crippen LogP contribution in [-0.2, 0) is 12.1 Å². The molecule has 0 unspecified atom stereocenters. The highest BCUT2D eigenvalue weighted by Crippen LogP contribution is 2.35. The van der Waals surface area contributed by atoms with Crippen molar-refractivity contribution in [2.45, 2.75) is 38.5 Å². The molecule has 3 aromatic rings. The second kappa shape index (κ2) is 8.34. The Morgan fingerprint density at radius 1 is 1.07 bits per heavy atom. The highest BCUT2D eigenvalue weighted by Gasteiger charge is 2.43. The summed E-state index contributed by atoms with van der Waals surface area (Å²) in [6.45, 7) is 6.66. The van der Waals surface area contributed by atoms with Crippen molar-refractivity contribution in [2.24, 2.45) is 0 Å². The molecule has 0 amide bonds. The van der Waals surface area contributed by atoms with E-state index in [2.05, 4.69) is 66.2 Å². The Morgan fingerprint density at radius 2 is 1.83 bits per heavy atom. The first kappa shape index (κ1) is 20.8. The number of piperidine rings is 1. The summed E-state index contributed by atoms with van der Waals surface area (Å²) in [5.74, 6) is 0. The van der Waals surface area contributed by atoms with E-state index in [4.69, 9.17) is 0 Å². The maximum absolute atomic E-state index is 11.6. The molecule has 1 fully saturated rings. The second-order valence-electron chi connectivity index (χ2n) is 8.76. The molecule has 0 saturated carbocycles. The van der Waals surface area contributed by atoms with Gasteiger partial charge >= 0.3 is 0 Å². The molecule has 1 aromatic heterocycles. The maximum Gasteiger partial charge on any atom is 0.107 e. The fourth-order valence-electron chi connectivity index (χ4n) is 4.71. The maximum atomic E-state index is 11.6. The Hall–Kier alpha value is -2.47. The lowest BCUT2D eigenvalue weighted by molar-refractivity contribution is -0.0892. The predicted molar refractivity (Wildman–Crippen MR) is 121 cm³/mol. The van der Waals surface area contributed by atoms with Crippen molar-refractivity contribution >= 4 is 0 Å². The summed E-state index contributed by atoms with van der Waals surface area (Å²) in [6.07, 6.45) is 0.719. The minimum Gasteiger partial charge on any atom is -0.383 e. The Morgan fingerprint density at radius 3 is 2.50 bits per heavy atom. The van der Waals surface area contributed by atoms with Crippen molar-refractivity contribution in [3.63, 3.8) is 0 Å². The third kappa shape index (κ3) is 4.06. The Labute approximate surface area is 179 Å². The fraction of sp³-hybridized carbons (Fsp3) is 0.400. The van der Waals surface area contributed by atoms with E-state index < -0.39 is 5.60 Å². The summed E-state index contributed by atoms with van der Waals surface area (Å²) in [5.41, 5.74) is 4.72. The summed E-state index contributed by atoms with van der Waals surface area (Å²) in [5, 5.41) is 16.2. The van der Waals surface area contributed by atoms with Crippen LogP contribution in [0.3, 0.4) is 0 Å². The summed E-state index contributed by atoms with van der Waals surface area (Å²) in [6, 6.07) is 20.9. The van der Waals surface area contributed by atoms with Crippen LogP contribution in [0.1, 0.15) is 28.9 Å². The fourth-order valence-corrected chi connectivity index (χ4v) is 4.71. The number of likely N-dealkylation sites (N-methyl/N-ethyl adjacent to an activating group) is 1. The predicted octanol–water partition coefficient (Wildman–Crippen LogP) is 3.51. The molecule has 30 heavy (non-hydrogen) atoms. The van der Waals surface area contributed by atoms with E-state index in [0.717, 1.165) is 48.7 Å². The lowest BCUT2D eigenvalue weighted by atomic mass is 9.79. The Balaban J connectivity index is 1.53. The molecule has 0 radical (unpaired) electrons. The molecule has 2 heterocycles. The van der Waals surface area contributed by atoms with Crippen LogP contribution in [-0.4, -0.2) is 57.9 Å². The SMILES string of the molecule is Cc1cc(C)n(-c2cccc(CN3CC[C@](O)(c4ccccc4)[C@H](N(C)C)C3)c2)n1. The van der Waals surface area contributed by atoms with Gasteiger partial charge in [0.05, 0.1) is 17.4 Å². The van der Waals surface area contributed by atoms with Crippen molar-refractivity contribution in [1.29, 1.82) is 0 Å². The zero-order valence-electron chi connectivity index (χ0n) is 18.4. The molecule has 0 aliphatic carbocycles. The van der Waals surface area contributed by atoms with Gasteiger partial charge in [0.2, 0.25) is 0 Å². The van der Waals surface area contributed by atoms with Gasteiger partial charge in [0, 0.05) is 25.3 Å². The van der Waals surface area contributed by atoms with Crippen LogP contribution in [0.2, 0.25) is 0 Å². The normalized spacial score (nSPS) is 22.5. The lowest BCUT2D eigenvalue weighted by Gasteiger charge is -2.47. The van der Waals surface area contributed by atoms with Crippen molar-refractivity contribution < 1.29 is 5.11 Å². The van der Waals surface area contributed by atoms with Crippen molar-refractivity contribution in [2.75, 3.05) is 27.2 Å². The zero-order chi connectivity index (χ0) is 21.3. The van der Waals surface area contributed by atoms with Crippen LogP contribution in [0.4, 0.5) is 0 Å². The topological polar surface area (TPSA) is 44.5 Å². The largest absolute Gasteiger partial charge is 0.383 e. The highest BCUT2D eigenvalue weighted by atomic mass is 16.3. The highest BCUT2D eigenvalue weighted by molar-refractivity contribution is 5.37. The molecule has 1 aliphatic heterocycles. The van der Waals surface area contributed by atoms with Gasteiger partial charge in [-0.3, -0.25) is 4.90 Å². The first-order valence-corrected chi connectivity index (χ1v) is 10.7. The minimum atomic E-state index is -0.827. The smallest absolute Gasteiger partial charge is 0.107 e. The minimum absolute atomic E-state index is 0.0350. The van der Waals surface area contributed by atoms with Crippen LogP contribution in [0.25, 0.3) is 5.69 Å². The monoisotopic (exact) mass is 404 g/mol. The summed E-state index contributed by atoms with van der Waals surface area (Å²) >= 11 is 0. The van der Waals surface area contributed by atoms with E-state index in [-0.39, 0.29) is 6.04 Å². The van der Waals surface area contributed by atoms with Gasteiger partial charge in [0.15, 0.2) is 0 Å². The third-order valence-electron chi connectivity index (χ3n) is 6.26. The van der Waals surface area contributed by atoms with Crippen molar-refractivity contribution in [1.82, 2.24) is 19.6 Å². The number of nitrogens with zero attached hydrogens (tertiary/aromatic N) is 4. The molecule has 2 aromatic carbocycles. The quantitative estimate of drug-likeness (QED) is 0.707. The van der Waals surface area contributed by atoms with Crippen molar-refractivity contribution in [3.8, 4) is 5.69 Å². The average Bonchev–Trinajstić information content (AvgIpc) is 3.08. The molecular weight excluding hydrogens is 372 g/mol. The number of rotatable bonds is 5. The van der Waals surface area contributed by atoms with Crippen LogP contribution < -0.4 is 0 Å².